The molecule has 0 aliphatic carbocycles. The van der Waals surface area contributed by atoms with Crippen LogP contribution in [0.25, 0.3) is 0 Å². The van der Waals surface area contributed by atoms with Crippen LogP contribution in [0.5, 0.6) is 0 Å². The normalized spacial score (nSPS) is 11.9. The van der Waals surface area contributed by atoms with E-state index < -0.39 is 0 Å². The van der Waals surface area contributed by atoms with Crippen LogP contribution < -0.4 is 0 Å². The van der Waals surface area contributed by atoms with Crippen LogP contribution in [0.4, 0.5) is 0 Å². The van der Waals surface area contributed by atoms with Gasteiger partial charge in [-0.25, -0.2) is 0 Å². The number of methoxy groups -OCH3 is 2. The molecule has 0 atom stereocenters. The van der Waals surface area contributed by atoms with E-state index in [4.69, 9.17) is 4.74 Å². The Bertz CT molecular complexity index is 204. The minimum Gasteiger partial charge on any atom is -0.469 e. The van der Waals surface area contributed by atoms with Crippen LogP contribution in [0.15, 0.2) is 0 Å². The van der Waals surface area contributed by atoms with Crippen molar-refractivity contribution in [3.63, 3.8) is 0 Å². The summed E-state index contributed by atoms with van der Waals surface area (Å²) in [4.78, 5) is 13.2. The quantitative estimate of drug-likeness (QED) is 0.596. The van der Waals surface area contributed by atoms with Gasteiger partial charge in [0.05, 0.1) is 19.1 Å². The first-order valence-corrected chi connectivity index (χ1v) is 5.79. The molecule has 0 aromatic rings. The maximum Gasteiger partial charge on any atom is 0.306 e. The Hall–Kier alpha value is -0.610. The van der Waals surface area contributed by atoms with Gasteiger partial charge in [-0.05, 0) is 26.8 Å². The van der Waals surface area contributed by atoms with Crippen LogP contribution in [0.1, 0.15) is 33.6 Å². The molecule has 0 aromatic carbocycles. The van der Waals surface area contributed by atoms with Crippen molar-refractivity contribution in [1.82, 2.24) is 4.90 Å². The smallest absolute Gasteiger partial charge is 0.306 e. The molecule has 4 nitrogen and oxygen atoms in total. The first-order valence-electron chi connectivity index (χ1n) is 5.79. The zero-order valence-corrected chi connectivity index (χ0v) is 11.2. The molecular weight excluding hydrogens is 206 g/mol. The monoisotopic (exact) mass is 231 g/mol. The molecule has 0 spiro atoms. The van der Waals surface area contributed by atoms with Crippen LogP contribution in [0, 0.1) is 0 Å². The number of esters is 1. The fourth-order valence-electron chi connectivity index (χ4n) is 1.31. The maximum absolute atomic E-state index is 11.0. The average molecular weight is 231 g/mol. The number of nitrogens with zero attached hydrogens (tertiary/aromatic N) is 1. The van der Waals surface area contributed by atoms with Crippen molar-refractivity contribution in [3.05, 3.63) is 0 Å². The van der Waals surface area contributed by atoms with Gasteiger partial charge in [0.25, 0.3) is 0 Å². The Morgan fingerprint density at radius 3 is 2.31 bits per heavy atom. The van der Waals surface area contributed by atoms with E-state index in [-0.39, 0.29) is 11.6 Å². The Morgan fingerprint density at radius 2 is 1.88 bits per heavy atom. The van der Waals surface area contributed by atoms with Crippen LogP contribution in [-0.4, -0.2) is 50.3 Å². The largest absolute Gasteiger partial charge is 0.469 e. The number of rotatable bonds is 8. The number of ether oxygens (including phenoxy) is 2. The molecule has 0 aliphatic heterocycles. The zero-order chi connectivity index (χ0) is 12.6. The molecule has 0 bridgehead atoms. The summed E-state index contributed by atoms with van der Waals surface area (Å²) < 4.78 is 9.98. The second-order valence-electron chi connectivity index (χ2n) is 4.47. The fraction of sp³-hybridized carbons (Fsp3) is 0.917. The predicted molar refractivity (Wildman–Crippen MR) is 64.5 cm³/mol. The standard InChI is InChI=1S/C12H25NO3/c1-6-13(9-7-11(14)15-4)10-8-12(2,3)16-5/h6-10H2,1-5H3. The lowest BCUT2D eigenvalue weighted by molar-refractivity contribution is -0.141. The van der Waals surface area contributed by atoms with Crippen molar-refractivity contribution >= 4 is 5.97 Å². The summed E-state index contributed by atoms with van der Waals surface area (Å²) in [7, 11) is 3.15. The van der Waals surface area contributed by atoms with E-state index in [1.807, 2.05) is 0 Å². The molecule has 16 heavy (non-hydrogen) atoms. The molecule has 0 aromatic heterocycles. The first-order chi connectivity index (χ1) is 7.45. The molecule has 0 aliphatic rings. The summed E-state index contributed by atoms with van der Waals surface area (Å²) in [5, 5.41) is 0. The highest BCUT2D eigenvalue weighted by Gasteiger charge is 2.17. The second-order valence-corrected chi connectivity index (χ2v) is 4.47. The van der Waals surface area contributed by atoms with Crippen molar-refractivity contribution in [2.45, 2.75) is 39.2 Å². The SMILES string of the molecule is CCN(CCC(=O)OC)CCC(C)(C)OC. The zero-order valence-electron chi connectivity index (χ0n) is 11.2. The minimum absolute atomic E-state index is 0.0985. The van der Waals surface area contributed by atoms with Crippen LogP contribution in [-0.2, 0) is 14.3 Å². The van der Waals surface area contributed by atoms with Crippen molar-refractivity contribution in [2.24, 2.45) is 0 Å². The minimum atomic E-state index is -0.149. The lowest BCUT2D eigenvalue weighted by Gasteiger charge is -2.27. The third kappa shape index (κ3) is 6.80. The van der Waals surface area contributed by atoms with E-state index in [0.29, 0.717) is 6.42 Å². The molecule has 0 N–H and O–H groups in total. The van der Waals surface area contributed by atoms with Gasteiger partial charge in [-0.2, -0.15) is 0 Å². The molecular formula is C12H25NO3. The fourth-order valence-corrected chi connectivity index (χ4v) is 1.31. The van der Waals surface area contributed by atoms with Gasteiger partial charge >= 0.3 is 5.97 Å². The summed E-state index contributed by atoms with van der Waals surface area (Å²) in [6.07, 6.45) is 1.41. The van der Waals surface area contributed by atoms with Crippen molar-refractivity contribution in [3.8, 4) is 0 Å². The Morgan fingerprint density at radius 1 is 1.25 bits per heavy atom. The van der Waals surface area contributed by atoms with Gasteiger partial charge in [-0.3, -0.25) is 4.79 Å². The molecule has 0 saturated heterocycles. The second kappa shape index (κ2) is 7.63. The van der Waals surface area contributed by atoms with Crippen LogP contribution in [0.2, 0.25) is 0 Å². The van der Waals surface area contributed by atoms with Crippen molar-refractivity contribution in [2.75, 3.05) is 33.9 Å². The highest BCUT2D eigenvalue weighted by Crippen LogP contribution is 2.13. The summed E-state index contributed by atoms with van der Waals surface area (Å²) >= 11 is 0. The third-order valence-electron chi connectivity index (χ3n) is 2.89. The van der Waals surface area contributed by atoms with E-state index in [9.17, 15) is 4.79 Å². The topological polar surface area (TPSA) is 38.8 Å². The van der Waals surface area contributed by atoms with Gasteiger partial charge in [0, 0.05) is 20.2 Å². The van der Waals surface area contributed by atoms with Gasteiger partial charge in [0.1, 0.15) is 0 Å². The number of carbonyl (C=O) groups is 1. The van der Waals surface area contributed by atoms with E-state index in [1.165, 1.54) is 7.11 Å². The Kier molecular flexibility index (Phi) is 7.34. The third-order valence-corrected chi connectivity index (χ3v) is 2.89. The summed E-state index contributed by atoms with van der Waals surface area (Å²) in [6.45, 7) is 8.87. The average Bonchev–Trinajstić information content (AvgIpc) is 2.28. The molecule has 0 heterocycles. The van der Waals surface area contributed by atoms with Gasteiger partial charge in [0.15, 0.2) is 0 Å². The molecule has 96 valence electrons. The van der Waals surface area contributed by atoms with Crippen LogP contribution in [0.3, 0.4) is 0 Å². The maximum atomic E-state index is 11.0. The lowest BCUT2D eigenvalue weighted by atomic mass is 10.1. The van der Waals surface area contributed by atoms with Crippen molar-refractivity contribution < 1.29 is 14.3 Å². The Labute approximate surface area is 98.9 Å². The van der Waals surface area contributed by atoms with E-state index in [1.54, 1.807) is 7.11 Å². The molecule has 0 unspecified atom stereocenters. The highest BCUT2D eigenvalue weighted by atomic mass is 16.5. The molecule has 0 radical (unpaired) electrons. The summed E-state index contributed by atoms with van der Waals surface area (Å²) in [6, 6.07) is 0. The molecule has 0 saturated carbocycles. The Balaban J connectivity index is 3.88. The van der Waals surface area contributed by atoms with E-state index >= 15 is 0 Å². The summed E-state index contributed by atoms with van der Waals surface area (Å²) in [5.41, 5.74) is -0.0985. The van der Waals surface area contributed by atoms with Gasteiger partial charge in [0.2, 0.25) is 0 Å². The van der Waals surface area contributed by atoms with E-state index in [0.717, 1.165) is 26.1 Å². The van der Waals surface area contributed by atoms with Crippen LogP contribution >= 0.6 is 0 Å². The highest BCUT2D eigenvalue weighted by molar-refractivity contribution is 5.69. The van der Waals surface area contributed by atoms with Gasteiger partial charge in [-0.1, -0.05) is 6.92 Å². The molecule has 4 heteroatoms. The predicted octanol–water partition coefficient (Wildman–Crippen LogP) is 1.69. The van der Waals surface area contributed by atoms with Crippen molar-refractivity contribution in [1.29, 1.82) is 0 Å². The van der Waals surface area contributed by atoms with Gasteiger partial charge in [-0.15, -0.1) is 0 Å². The lowest BCUT2D eigenvalue weighted by Crippen LogP contribution is -2.33. The molecule has 0 rings (SSSR count). The van der Waals surface area contributed by atoms with E-state index in [2.05, 4.69) is 30.4 Å². The summed E-state index contributed by atoms with van der Waals surface area (Å²) in [5.74, 6) is -0.149. The number of carbonyl (C=O) groups excluding carboxylic acids is 1. The molecule has 0 amide bonds. The first kappa shape index (κ1) is 15.4. The molecule has 0 fully saturated rings. The van der Waals surface area contributed by atoms with Gasteiger partial charge < -0.3 is 14.4 Å². The number of hydrogen-bond acceptors (Lipinski definition) is 4. The number of hydrogen-bond donors (Lipinski definition) is 0.